The number of rotatable bonds is 6. The van der Waals surface area contributed by atoms with Crippen LogP contribution in [0.5, 0.6) is 0 Å². The van der Waals surface area contributed by atoms with Gasteiger partial charge in [0.05, 0.1) is 5.69 Å². The van der Waals surface area contributed by atoms with E-state index in [0.29, 0.717) is 18.5 Å². The van der Waals surface area contributed by atoms with E-state index in [1.165, 1.54) is 19.3 Å². The summed E-state index contributed by atoms with van der Waals surface area (Å²) in [4.78, 5) is 7.06. The SMILES string of the molecule is CC1CCCC(C)N1CCC[C@@](O)(c1ccccc1)c1ccccn1. The van der Waals surface area contributed by atoms with Crippen LogP contribution in [-0.4, -0.2) is 33.6 Å². The summed E-state index contributed by atoms with van der Waals surface area (Å²) in [5, 5.41) is 11.5. The third kappa shape index (κ3) is 4.10. The topological polar surface area (TPSA) is 36.4 Å². The summed E-state index contributed by atoms with van der Waals surface area (Å²) in [6, 6.07) is 17.0. The van der Waals surface area contributed by atoms with Crippen molar-refractivity contribution in [3.63, 3.8) is 0 Å². The van der Waals surface area contributed by atoms with E-state index in [1.54, 1.807) is 6.20 Å². The lowest BCUT2D eigenvalue weighted by Gasteiger charge is -2.39. The number of hydrogen-bond donors (Lipinski definition) is 1. The molecule has 1 saturated heterocycles. The highest BCUT2D eigenvalue weighted by Crippen LogP contribution is 2.33. The molecule has 0 spiro atoms. The van der Waals surface area contributed by atoms with Crippen LogP contribution in [-0.2, 0) is 5.60 Å². The van der Waals surface area contributed by atoms with Gasteiger partial charge in [-0.05, 0) is 63.8 Å². The predicted octanol–water partition coefficient (Wildman–Crippen LogP) is 4.36. The van der Waals surface area contributed by atoms with Crippen LogP contribution in [0.4, 0.5) is 0 Å². The molecule has 0 saturated carbocycles. The first kappa shape index (κ1) is 18.1. The maximum atomic E-state index is 11.5. The van der Waals surface area contributed by atoms with E-state index in [9.17, 15) is 5.11 Å². The molecule has 25 heavy (non-hydrogen) atoms. The molecule has 1 aliphatic heterocycles. The van der Waals surface area contributed by atoms with Crippen LogP contribution in [0.15, 0.2) is 54.7 Å². The van der Waals surface area contributed by atoms with Gasteiger partial charge >= 0.3 is 0 Å². The summed E-state index contributed by atoms with van der Waals surface area (Å²) in [7, 11) is 0. The molecule has 0 aliphatic carbocycles. The van der Waals surface area contributed by atoms with Gasteiger partial charge in [0.15, 0.2) is 0 Å². The quantitative estimate of drug-likeness (QED) is 0.850. The van der Waals surface area contributed by atoms with Gasteiger partial charge in [-0.2, -0.15) is 0 Å². The molecule has 0 radical (unpaired) electrons. The number of nitrogens with zero attached hydrogens (tertiary/aromatic N) is 2. The molecule has 3 rings (SSSR count). The molecule has 0 bridgehead atoms. The average Bonchev–Trinajstić information content (AvgIpc) is 2.65. The van der Waals surface area contributed by atoms with Crippen LogP contribution in [0.2, 0.25) is 0 Å². The Morgan fingerprint density at radius 3 is 2.36 bits per heavy atom. The standard InChI is InChI=1S/C22H30N2O/c1-18-10-8-11-19(2)24(18)17-9-15-22(25,20-12-4-3-5-13-20)21-14-6-7-16-23-21/h3-7,12-14,16,18-19,25H,8-11,15,17H2,1-2H3/t18?,19?,22-/m1/s1. The predicted molar refractivity (Wildman–Crippen MR) is 102 cm³/mol. The molecule has 1 N–H and O–H groups in total. The maximum Gasteiger partial charge on any atom is 0.131 e. The number of hydrogen-bond acceptors (Lipinski definition) is 3. The maximum absolute atomic E-state index is 11.5. The van der Waals surface area contributed by atoms with E-state index in [1.807, 2.05) is 48.5 Å². The zero-order valence-electron chi connectivity index (χ0n) is 15.4. The third-order valence-corrected chi connectivity index (χ3v) is 5.67. The zero-order chi connectivity index (χ0) is 17.7. The van der Waals surface area contributed by atoms with Crippen LogP contribution >= 0.6 is 0 Å². The molecular weight excluding hydrogens is 308 g/mol. The van der Waals surface area contributed by atoms with Gasteiger partial charge in [-0.3, -0.25) is 9.88 Å². The van der Waals surface area contributed by atoms with Crippen molar-refractivity contribution in [2.45, 2.75) is 63.6 Å². The second-order valence-electron chi connectivity index (χ2n) is 7.41. The fraction of sp³-hybridized carbons (Fsp3) is 0.500. The fourth-order valence-corrected chi connectivity index (χ4v) is 4.17. The van der Waals surface area contributed by atoms with Gasteiger partial charge in [0.25, 0.3) is 0 Å². The summed E-state index contributed by atoms with van der Waals surface area (Å²) >= 11 is 0. The second-order valence-corrected chi connectivity index (χ2v) is 7.41. The van der Waals surface area contributed by atoms with Gasteiger partial charge in [-0.25, -0.2) is 0 Å². The van der Waals surface area contributed by atoms with Crippen molar-refractivity contribution in [3.8, 4) is 0 Å². The van der Waals surface area contributed by atoms with Crippen molar-refractivity contribution in [1.82, 2.24) is 9.88 Å². The first-order valence-electron chi connectivity index (χ1n) is 9.56. The van der Waals surface area contributed by atoms with Crippen LogP contribution < -0.4 is 0 Å². The van der Waals surface area contributed by atoms with Crippen molar-refractivity contribution in [1.29, 1.82) is 0 Å². The van der Waals surface area contributed by atoms with Gasteiger partial charge in [0, 0.05) is 18.3 Å². The van der Waals surface area contributed by atoms with E-state index >= 15 is 0 Å². The Morgan fingerprint density at radius 1 is 1.04 bits per heavy atom. The number of aliphatic hydroxyl groups is 1. The molecule has 1 aromatic heterocycles. The van der Waals surface area contributed by atoms with Crippen LogP contribution in [0.25, 0.3) is 0 Å². The number of likely N-dealkylation sites (tertiary alicyclic amines) is 1. The highest BCUT2D eigenvalue weighted by atomic mass is 16.3. The Labute approximate surface area is 151 Å². The molecule has 2 heterocycles. The van der Waals surface area contributed by atoms with Crippen molar-refractivity contribution < 1.29 is 5.11 Å². The van der Waals surface area contributed by atoms with Crippen LogP contribution in [0.1, 0.15) is 57.2 Å². The largest absolute Gasteiger partial charge is 0.379 e. The highest BCUT2D eigenvalue weighted by Gasteiger charge is 2.33. The minimum Gasteiger partial charge on any atom is -0.379 e. The Balaban J connectivity index is 1.75. The lowest BCUT2D eigenvalue weighted by molar-refractivity contribution is 0.0489. The average molecular weight is 338 g/mol. The molecule has 0 amide bonds. The second kappa shape index (κ2) is 8.11. The molecule has 3 nitrogen and oxygen atoms in total. The van der Waals surface area contributed by atoms with Crippen molar-refractivity contribution in [2.75, 3.05) is 6.54 Å². The summed E-state index contributed by atoms with van der Waals surface area (Å²) in [5.74, 6) is 0. The van der Waals surface area contributed by atoms with Crippen molar-refractivity contribution in [3.05, 3.63) is 66.0 Å². The summed E-state index contributed by atoms with van der Waals surface area (Å²) in [6.45, 7) is 5.69. The fourth-order valence-electron chi connectivity index (χ4n) is 4.17. The molecule has 1 aliphatic rings. The minimum atomic E-state index is -1.02. The van der Waals surface area contributed by atoms with Gasteiger partial charge in [0.2, 0.25) is 0 Å². The Hall–Kier alpha value is -1.71. The lowest BCUT2D eigenvalue weighted by atomic mass is 9.85. The number of benzene rings is 1. The molecule has 3 heteroatoms. The van der Waals surface area contributed by atoms with Crippen LogP contribution in [0, 0.1) is 0 Å². The highest BCUT2D eigenvalue weighted by molar-refractivity contribution is 5.31. The third-order valence-electron chi connectivity index (χ3n) is 5.67. The molecule has 3 atom stereocenters. The molecule has 2 aromatic rings. The number of aromatic nitrogens is 1. The molecule has 2 unspecified atom stereocenters. The van der Waals surface area contributed by atoms with Gasteiger partial charge < -0.3 is 5.11 Å². The van der Waals surface area contributed by atoms with E-state index < -0.39 is 5.60 Å². The van der Waals surface area contributed by atoms with E-state index in [4.69, 9.17) is 0 Å². The summed E-state index contributed by atoms with van der Waals surface area (Å²) < 4.78 is 0. The van der Waals surface area contributed by atoms with E-state index in [0.717, 1.165) is 24.2 Å². The first-order valence-corrected chi connectivity index (χ1v) is 9.56. The number of piperidine rings is 1. The normalized spacial score (nSPS) is 24.0. The van der Waals surface area contributed by atoms with Gasteiger partial charge in [-0.15, -0.1) is 0 Å². The molecule has 134 valence electrons. The zero-order valence-corrected chi connectivity index (χ0v) is 15.4. The molecule has 1 fully saturated rings. The summed E-state index contributed by atoms with van der Waals surface area (Å²) in [5.41, 5.74) is 0.638. The van der Waals surface area contributed by atoms with E-state index in [-0.39, 0.29) is 0 Å². The molecular formula is C22H30N2O. The monoisotopic (exact) mass is 338 g/mol. The minimum absolute atomic E-state index is 0.642. The Kier molecular flexibility index (Phi) is 5.87. The van der Waals surface area contributed by atoms with E-state index in [2.05, 4.69) is 23.7 Å². The molecule has 1 aromatic carbocycles. The van der Waals surface area contributed by atoms with Crippen LogP contribution in [0.3, 0.4) is 0 Å². The first-order chi connectivity index (χ1) is 12.1. The Bertz CT molecular complexity index is 594. The summed E-state index contributed by atoms with van der Waals surface area (Å²) in [6.07, 6.45) is 7.31. The van der Waals surface area contributed by atoms with Crippen molar-refractivity contribution >= 4 is 0 Å². The lowest BCUT2D eigenvalue weighted by Crippen LogP contribution is -2.44. The smallest absolute Gasteiger partial charge is 0.131 e. The van der Waals surface area contributed by atoms with Gasteiger partial charge in [0.1, 0.15) is 5.60 Å². The number of pyridine rings is 1. The van der Waals surface area contributed by atoms with Crippen molar-refractivity contribution in [2.24, 2.45) is 0 Å². The van der Waals surface area contributed by atoms with Gasteiger partial charge in [-0.1, -0.05) is 42.8 Å². The Morgan fingerprint density at radius 2 is 1.72 bits per heavy atom.